The summed E-state index contributed by atoms with van der Waals surface area (Å²) in [6, 6.07) is -0.554. The Bertz CT molecular complexity index is 587. The Morgan fingerprint density at radius 1 is 1.20 bits per heavy atom. The molecule has 3 rings (SSSR count). The number of imide groups is 1. The van der Waals surface area contributed by atoms with Crippen molar-refractivity contribution in [2.45, 2.75) is 51.0 Å². The molecule has 0 bridgehead atoms. The molecule has 1 aliphatic carbocycles. The summed E-state index contributed by atoms with van der Waals surface area (Å²) >= 11 is 0. The van der Waals surface area contributed by atoms with Gasteiger partial charge in [0, 0.05) is 13.1 Å². The number of carbonyl (C=O) groups is 4. The van der Waals surface area contributed by atoms with Gasteiger partial charge in [0.15, 0.2) is 6.61 Å². The summed E-state index contributed by atoms with van der Waals surface area (Å²) in [5.41, 5.74) is -0.888. The third kappa shape index (κ3) is 3.34. The van der Waals surface area contributed by atoms with Crippen molar-refractivity contribution in [3.63, 3.8) is 0 Å². The van der Waals surface area contributed by atoms with E-state index in [1.807, 2.05) is 6.92 Å². The quantitative estimate of drug-likeness (QED) is 0.593. The largest absolute Gasteiger partial charge is 0.454 e. The molecule has 1 saturated carbocycles. The third-order valence-corrected chi connectivity index (χ3v) is 5.60. The number of ether oxygens (including phenoxy) is 1. The molecule has 3 fully saturated rings. The average molecular weight is 351 g/mol. The standard InChI is InChI=1S/C17H25N3O5/c1-12-6-2-3-7-17(12)15(23)20(16(24)18-17)10-14(22)25-11-13(21)19-8-4-5-9-19/h12H,2-11H2,1H3,(H,18,24)/t12-,17-/m0/s1. The molecule has 0 aromatic heterocycles. The monoisotopic (exact) mass is 351 g/mol. The molecule has 4 amide bonds. The summed E-state index contributed by atoms with van der Waals surface area (Å²) < 4.78 is 4.97. The molecule has 3 aliphatic rings. The predicted octanol–water partition coefficient (Wildman–Crippen LogP) is 0.653. The summed E-state index contributed by atoms with van der Waals surface area (Å²) in [5, 5.41) is 2.79. The van der Waals surface area contributed by atoms with Crippen LogP contribution >= 0.6 is 0 Å². The van der Waals surface area contributed by atoms with Gasteiger partial charge in [0.1, 0.15) is 12.1 Å². The zero-order valence-corrected chi connectivity index (χ0v) is 14.6. The van der Waals surface area contributed by atoms with E-state index < -0.39 is 24.1 Å². The van der Waals surface area contributed by atoms with Crippen LogP contribution in [0.1, 0.15) is 45.4 Å². The number of likely N-dealkylation sites (tertiary alicyclic amines) is 1. The molecule has 1 spiro atoms. The summed E-state index contributed by atoms with van der Waals surface area (Å²) in [5.74, 6) is -1.29. The smallest absolute Gasteiger partial charge is 0.326 e. The lowest BCUT2D eigenvalue weighted by Crippen LogP contribution is -2.54. The van der Waals surface area contributed by atoms with Crippen molar-refractivity contribution in [3.8, 4) is 0 Å². The first-order valence-electron chi connectivity index (χ1n) is 9.01. The fourth-order valence-corrected chi connectivity index (χ4v) is 4.01. The molecular weight excluding hydrogens is 326 g/mol. The maximum absolute atomic E-state index is 12.7. The van der Waals surface area contributed by atoms with Crippen LogP contribution in [0.4, 0.5) is 4.79 Å². The van der Waals surface area contributed by atoms with Crippen LogP contribution < -0.4 is 5.32 Å². The van der Waals surface area contributed by atoms with Gasteiger partial charge in [0.05, 0.1) is 0 Å². The zero-order chi connectivity index (χ0) is 18.0. The Morgan fingerprint density at radius 3 is 2.60 bits per heavy atom. The number of carbonyl (C=O) groups excluding carboxylic acids is 4. The Labute approximate surface area is 146 Å². The molecule has 138 valence electrons. The van der Waals surface area contributed by atoms with Gasteiger partial charge in [-0.3, -0.25) is 19.3 Å². The number of esters is 1. The van der Waals surface area contributed by atoms with Crippen LogP contribution in [0.2, 0.25) is 0 Å². The maximum atomic E-state index is 12.7. The molecule has 1 N–H and O–H groups in total. The van der Waals surface area contributed by atoms with Gasteiger partial charge >= 0.3 is 12.0 Å². The van der Waals surface area contributed by atoms with E-state index in [-0.39, 0.29) is 24.3 Å². The van der Waals surface area contributed by atoms with Crippen molar-refractivity contribution in [1.29, 1.82) is 0 Å². The Morgan fingerprint density at radius 2 is 1.92 bits per heavy atom. The number of amides is 4. The topological polar surface area (TPSA) is 96.0 Å². The number of urea groups is 1. The van der Waals surface area contributed by atoms with E-state index >= 15 is 0 Å². The van der Waals surface area contributed by atoms with E-state index in [1.165, 1.54) is 0 Å². The van der Waals surface area contributed by atoms with Crippen molar-refractivity contribution in [3.05, 3.63) is 0 Å². The van der Waals surface area contributed by atoms with Gasteiger partial charge in [0.2, 0.25) is 0 Å². The summed E-state index contributed by atoms with van der Waals surface area (Å²) in [6.07, 6.45) is 5.29. The van der Waals surface area contributed by atoms with Crippen LogP contribution in [0, 0.1) is 5.92 Å². The summed E-state index contributed by atoms with van der Waals surface area (Å²) in [7, 11) is 0. The normalized spacial score (nSPS) is 29.2. The van der Waals surface area contributed by atoms with Crippen molar-refractivity contribution in [2.24, 2.45) is 5.92 Å². The van der Waals surface area contributed by atoms with Crippen LogP contribution in [-0.4, -0.2) is 65.4 Å². The fourth-order valence-electron chi connectivity index (χ4n) is 4.01. The van der Waals surface area contributed by atoms with E-state index in [0.29, 0.717) is 19.5 Å². The van der Waals surface area contributed by atoms with Gasteiger partial charge < -0.3 is 15.0 Å². The van der Waals surface area contributed by atoms with Crippen molar-refractivity contribution in [1.82, 2.24) is 15.1 Å². The molecule has 2 saturated heterocycles. The number of nitrogens with one attached hydrogen (secondary N) is 1. The van der Waals surface area contributed by atoms with E-state index in [2.05, 4.69) is 5.32 Å². The van der Waals surface area contributed by atoms with E-state index in [0.717, 1.165) is 37.0 Å². The van der Waals surface area contributed by atoms with E-state index in [1.54, 1.807) is 4.90 Å². The molecule has 0 aromatic rings. The Kier molecular flexibility index (Phi) is 4.96. The molecule has 8 heteroatoms. The van der Waals surface area contributed by atoms with Crippen LogP contribution in [-0.2, 0) is 19.1 Å². The van der Waals surface area contributed by atoms with Gasteiger partial charge in [-0.2, -0.15) is 0 Å². The van der Waals surface area contributed by atoms with E-state index in [9.17, 15) is 19.2 Å². The highest BCUT2D eigenvalue weighted by molar-refractivity contribution is 6.09. The maximum Gasteiger partial charge on any atom is 0.326 e. The zero-order valence-electron chi connectivity index (χ0n) is 14.6. The lowest BCUT2D eigenvalue weighted by molar-refractivity contribution is -0.153. The molecule has 2 aliphatic heterocycles. The van der Waals surface area contributed by atoms with Crippen molar-refractivity contribution >= 4 is 23.8 Å². The second-order valence-corrected chi connectivity index (χ2v) is 7.19. The second kappa shape index (κ2) is 7.01. The molecule has 2 heterocycles. The second-order valence-electron chi connectivity index (χ2n) is 7.19. The predicted molar refractivity (Wildman–Crippen MR) is 87.4 cm³/mol. The molecule has 0 radical (unpaired) electrons. The van der Waals surface area contributed by atoms with Gasteiger partial charge in [-0.1, -0.05) is 19.8 Å². The van der Waals surface area contributed by atoms with Crippen LogP contribution in [0.5, 0.6) is 0 Å². The molecule has 0 unspecified atom stereocenters. The summed E-state index contributed by atoms with van der Waals surface area (Å²) in [6.45, 7) is 2.53. The first-order chi connectivity index (χ1) is 11.9. The van der Waals surface area contributed by atoms with Crippen LogP contribution in [0.25, 0.3) is 0 Å². The first kappa shape index (κ1) is 17.7. The highest BCUT2D eigenvalue weighted by Crippen LogP contribution is 2.38. The lowest BCUT2D eigenvalue weighted by Gasteiger charge is -2.36. The number of rotatable bonds is 4. The number of hydrogen-bond donors (Lipinski definition) is 1. The Balaban J connectivity index is 1.55. The fraction of sp³-hybridized carbons (Fsp3) is 0.765. The molecule has 8 nitrogen and oxygen atoms in total. The lowest BCUT2D eigenvalue weighted by atomic mass is 9.73. The van der Waals surface area contributed by atoms with Crippen molar-refractivity contribution in [2.75, 3.05) is 26.2 Å². The van der Waals surface area contributed by atoms with Gasteiger partial charge in [-0.05, 0) is 31.6 Å². The minimum Gasteiger partial charge on any atom is -0.454 e. The Hall–Kier alpha value is -2.12. The molecule has 2 atom stereocenters. The van der Waals surface area contributed by atoms with Crippen LogP contribution in [0.3, 0.4) is 0 Å². The first-order valence-corrected chi connectivity index (χ1v) is 9.01. The highest BCUT2D eigenvalue weighted by atomic mass is 16.5. The molecule has 25 heavy (non-hydrogen) atoms. The average Bonchev–Trinajstić information content (AvgIpc) is 3.20. The SMILES string of the molecule is C[C@H]1CCCC[C@]12NC(=O)N(CC(=O)OCC(=O)N1CCCC1)C2=O. The van der Waals surface area contributed by atoms with Gasteiger partial charge in [-0.15, -0.1) is 0 Å². The third-order valence-electron chi connectivity index (χ3n) is 5.60. The number of nitrogens with zero attached hydrogens (tertiary/aromatic N) is 2. The molecule has 0 aromatic carbocycles. The number of hydrogen-bond acceptors (Lipinski definition) is 5. The highest BCUT2D eigenvalue weighted by Gasteiger charge is 2.55. The van der Waals surface area contributed by atoms with Crippen molar-refractivity contribution < 1.29 is 23.9 Å². The van der Waals surface area contributed by atoms with E-state index in [4.69, 9.17) is 4.74 Å². The van der Waals surface area contributed by atoms with Gasteiger partial charge in [0.25, 0.3) is 11.8 Å². The minimum absolute atomic E-state index is 0.0375. The van der Waals surface area contributed by atoms with Crippen LogP contribution in [0.15, 0.2) is 0 Å². The summed E-state index contributed by atoms with van der Waals surface area (Å²) in [4.78, 5) is 51.4. The molecular formula is C17H25N3O5. The van der Waals surface area contributed by atoms with Gasteiger partial charge in [-0.25, -0.2) is 4.79 Å². The minimum atomic E-state index is -0.888.